The molecule has 0 radical (unpaired) electrons. The third kappa shape index (κ3) is 6.45. The van der Waals surface area contributed by atoms with Crippen LogP contribution in [-0.2, 0) is 10.0 Å². The van der Waals surface area contributed by atoms with Gasteiger partial charge in [-0.2, -0.15) is 4.31 Å². The number of hydrogen-bond donors (Lipinski definition) is 2. The Labute approximate surface area is 188 Å². The third-order valence-corrected chi connectivity index (χ3v) is 8.62. The van der Waals surface area contributed by atoms with Gasteiger partial charge in [0.25, 0.3) is 0 Å². The van der Waals surface area contributed by atoms with Crippen molar-refractivity contribution in [2.24, 2.45) is 17.8 Å². The molecule has 2 aliphatic rings. The van der Waals surface area contributed by atoms with Gasteiger partial charge in [0, 0.05) is 24.8 Å². The fourth-order valence-corrected chi connectivity index (χ4v) is 6.89. The highest BCUT2D eigenvalue weighted by atomic mass is 32.2. The van der Waals surface area contributed by atoms with E-state index in [1.54, 1.807) is 22.5 Å². The molecule has 2 amide bonds. The largest absolute Gasteiger partial charge is 0.335 e. The van der Waals surface area contributed by atoms with Crippen molar-refractivity contribution >= 4 is 21.7 Å². The molecule has 1 saturated carbocycles. The molecule has 31 heavy (non-hydrogen) atoms. The number of piperidine rings is 1. The molecule has 1 aliphatic heterocycles. The molecule has 2 atom stereocenters. The van der Waals surface area contributed by atoms with Gasteiger partial charge in [-0.3, -0.25) is 0 Å². The van der Waals surface area contributed by atoms with Gasteiger partial charge >= 0.3 is 6.03 Å². The lowest BCUT2D eigenvalue weighted by atomic mass is 9.80. The summed E-state index contributed by atoms with van der Waals surface area (Å²) in [6, 6.07) is 4.89. The topological polar surface area (TPSA) is 78.5 Å². The Balaban J connectivity index is 1.69. The minimum absolute atomic E-state index is 0.137. The summed E-state index contributed by atoms with van der Waals surface area (Å²) in [6.45, 7) is 9.86. The molecule has 1 aromatic rings. The summed E-state index contributed by atoms with van der Waals surface area (Å²) in [5.41, 5.74) is 1.40. The van der Waals surface area contributed by atoms with E-state index < -0.39 is 10.0 Å². The van der Waals surface area contributed by atoms with Gasteiger partial charge in [0.2, 0.25) is 10.0 Å². The smallest absolute Gasteiger partial charge is 0.319 e. The fourth-order valence-electron chi connectivity index (χ4n) is 5.34. The van der Waals surface area contributed by atoms with Crippen molar-refractivity contribution in [2.75, 3.05) is 18.4 Å². The predicted molar refractivity (Wildman–Crippen MR) is 126 cm³/mol. The Bertz CT molecular complexity index is 851. The molecule has 0 aromatic heterocycles. The summed E-state index contributed by atoms with van der Waals surface area (Å²) in [6.07, 6.45) is 7.21. The molecule has 3 rings (SSSR count). The number of sulfonamides is 1. The van der Waals surface area contributed by atoms with Gasteiger partial charge in [-0.05, 0) is 80.9 Å². The Morgan fingerprint density at radius 2 is 1.52 bits per heavy atom. The molecule has 1 aromatic carbocycles. The standard InChI is InChI=1S/C24H39N3O3S/c1-17-12-18(2)14-21(15-19(3)13-17)25-24(28)26-23-16-22(9-8-20(23)4)31(29,30)27-10-6-5-7-11-27/h8-9,16-19,21H,5-7,10-15H2,1-4H3,(H2,25,26,28). The van der Waals surface area contributed by atoms with Gasteiger partial charge in [-0.15, -0.1) is 0 Å². The number of hydrogen-bond acceptors (Lipinski definition) is 3. The lowest BCUT2D eigenvalue weighted by Gasteiger charge is -2.31. The van der Waals surface area contributed by atoms with Gasteiger partial charge in [-0.25, -0.2) is 13.2 Å². The van der Waals surface area contributed by atoms with Crippen LogP contribution in [0.1, 0.15) is 71.3 Å². The lowest BCUT2D eigenvalue weighted by Crippen LogP contribution is -2.41. The van der Waals surface area contributed by atoms with E-state index in [0.29, 0.717) is 30.6 Å². The molecule has 2 unspecified atom stereocenters. The zero-order valence-corrected chi connectivity index (χ0v) is 20.3. The van der Waals surface area contributed by atoms with E-state index in [4.69, 9.17) is 0 Å². The molecule has 0 spiro atoms. The van der Waals surface area contributed by atoms with E-state index in [0.717, 1.165) is 43.6 Å². The van der Waals surface area contributed by atoms with E-state index in [2.05, 4.69) is 31.4 Å². The van der Waals surface area contributed by atoms with Crippen LogP contribution in [0.25, 0.3) is 0 Å². The number of carbonyl (C=O) groups is 1. The highest BCUT2D eigenvalue weighted by Gasteiger charge is 2.27. The van der Waals surface area contributed by atoms with Crippen molar-refractivity contribution in [3.63, 3.8) is 0 Å². The van der Waals surface area contributed by atoms with Gasteiger partial charge in [-0.1, -0.05) is 33.3 Å². The van der Waals surface area contributed by atoms with Gasteiger partial charge in [0.1, 0.15) is 0 Å². The number of carbonyl (C=O) groups excluding carboxylic acids is 1. The molecular weight excluding hydrogens is 410 g/mol. The highest BCUT2D eigenvalue weighted by molar-refractivity contribution is 7.89. The zero-order chi connectivity index (χ0) is 22.6. The predicted octanol–water partition coefficient (Wildman–Crippen LogP) is 5.14. The molecule has 1 aliphatic carbocycles. The summed E-state index contributed by atoms with van der Waals surface area (Å²) >= 11 is 0. The maximum atomic E-state index is 13.0. The zero-order valence-electron chi connectivity index (χ0n) is 19.5. The monoisotopic (exact) mass is 449 g/mol. The number of nitrogens with one attached hydrogen (secondary N) is 2. The van der Waals surface area contributed by atoms with Gasteiger partial charge in [0.15, 0.2) is 0 Å². The Morgan fingerprint density at radius 3 is 2.13 bits per heavy atom. The van der Waals surface area contributed by atoms with Crippen LogP contribution in [0.15, 0.2) is 23.1 Å². The van der Waals surface area contributed by atoms with Crippen LogP contribution in [-0.4, -0.2) is 37.9 Å². The van der Waals surface area contributed by atoms with Crippen LogP contribution >= 0.6 is 0 Å². The molecule has 7 heteroatoms. The number of anilines is 1. The Morgan fingerprint density at radius 1 is 0.935 bits per heavy atom. The Kier molecular flexibility index (Phi) is 8.03. The first kappa shape index (κ1) is 24.1. The van der Waals surface area contributed by atoms with Crippen LogP contribution in [0.3, 0.4) is 0 Å². The van der Waals surface area contributed by atoms with E-state index in [-0.39, 0.29) is 17.0 Å². The second-order valence-electron chi connectivity index (χ2n) is 10.00. The lowest BCUT2D eigenvalue weighted by molar-refractivity contribution is 0.223. The molecule has 1 heterocycles. The van der Waals surface area contributed by atoms with Crippen molar-refractivity contribution < 1.29 is 13.2 Å². The second-order valence-corrected chi connectivity index (χ2v) is 11.9. The molecule has 0 bridgehead atoms. The van der Waals surface area contributed by atoms with Crippen LogP contribution < -0.4 is 10.6 Å². The van der Waals surface area contributed by atoms with Crippen molar-refractivity contribution in [3.05, 3.63) is 23.8 Å². The average Bonchev–Trinajstić information content (AvgIpc) is 2.68. The summed E-state index contributed by atoms with van der Waals surface area (Å²) in [5.74, 6) is 1.88. The number of aryl methyl sites for hydroxylation is 1. The first-order chi connectivity index (χ1) is 14.6. The number of benzene rings is 1. The number of rotatable bonds is 4. The first-order valence-corrected chi connectivity index (χ1v) is 13.3. The molecular formula is C24H39N3O3S. The van der Waals surface area contributed by atoms with Crippen LogP contribution in [0.5, 0.6) is 0 Å². The quantitative estimate of drug-likeness (QED) is 0.668. The number of nitrogens with zero attached hydrogens (tertiary/aromatic N) is 1. The average molecular weight is 450 g/mol. The van der Waals surface area contributed by atoms with Crippen molar-refractivity contribution in [2.45, 2.75) is 83.6 Å². The summed E-state index contributed by atoms with van der Waals surface area (Å²) < 4.78 is 27.6. The summed E-state index contributed by atoms with van der Waals surface area (Å²) in [7, 11) is -3.53. The molecule has 174 valence electrons. The minimum atomic E-state index is -3.53. The molecule has 2 fully saturated rings. The third-order valence-electron chi connectivity index (χ3n) is 6.73. The van der Waals surface area contributed by atoms with Gasteiger partial charge < -0.3 is 10.6 Å². The molecule has 1 saturated heterocycles. The van der Waals surface area contributed by atoms with E-state index in [9.17, 15) is 13.2 Å². The van der Waals surface area contributed by atoms with E-state index in [1.165, 1.54) is 12.8 Å². The maximum absolute atomic E-state index is 13.0. The molecule has 6 nitrogen and oxygen atoms in total. The number of urea groups is 1. The summed E-state index contributed by atoms with van der Waals surface area (Å²) in [5, 5.41) is 6.06. The van der Waals surface area contributed by atoms with Crippen molar-refractivity contribution in [1.29, 1.82) is 0 Å². The van der Waals surface area contributed by atoms with E-state index >= 15 is 0 Å². The molecule has 2 N–H and O–H groups in total. The SMILES string of the molecule is Cc1ccc(S(=O)(=O)N2CCCCC2)cc1NC(=O)NC1CC(C)CC(C)CC(C)C1. The fraction of sp³-hybridized carbons (Fsp3) is 0.708. The normalized spacial score (nSPS) is 28.4. The second kappa shape index (κ2) is 10.3. The Hall–Kier alpha value is -1.60. The van der Waals surface area contributed by atoms with Crippen LogP contribution in [0.4, 0.5) is 10.5 Å². The minimum Gasteiger partial charge on any atom is -0.335 e. The van der Waals surface area contributed by atoms with Crippen LogP contribution in [0, 0.1) is 24.7 Å². The number of amides is 2. The first-order valence-electron chi connectivity index (χ1n) is 11.8. The maximum Gasteiger partial charge on any atom is 0.319 e. The summed E-state index contributed by atoms with van der Waals surface area (Å²) in [4.78, 5) is 13.0. The van der Waals surface area contributed by atoms with Crippen molar-refractivity contribution in [3.8, 4) is 0 Å². The van der Waals surface area contributed by atoms with E-state index in [1.807, 2.05) is 6.92 Å². The van der Waals surface area contributed by atoms with Crippen LogP contribution in [0.2, 0.25) is 0 Å². The van der Waals surface area contributed by atoms with Gasteiger partial charge in [0.05, 0.1) is 4.90 Å². The van der Waals surface area contributed by atoms with Crippen molar-refractivity contribution in [1.82, 2.24) is 9.62 Å². The highest BCUT2D eigenvalue weighted by Crippen LogP contribution is 2.30.